The van der Waals surface area contributed by atoms with E-state index in [1.807, 2.05) is 18.9 Å². The molecule has 2 aliphatic heterocycles. The summed E-state index contributed by atoms with van der Waals surface area (Å²) in [6, 6.07) is 3.59. The maximum absolute atomic E-state index is 13.5. The van der Waals surface area contributed by atoms with Crippen LogP contribution in [0.2, 0.25) is 5.02 Å². The molecule has 1 saturated heterocycles. The van der Waals surface area contributed by atoms with E-state index >= 15 is 0 Å². The third kappa shape index (κ3) is 3.57. The van der Waals surface area contributed by atoms with Crippen LogP contribution in [0, 0.1) is 13.8 Å². The van der Waals surface area contributed by atoms with Crippen molar-refractivity contribution in [3.63, 3.8) is 0 Å². The Morgan fingerprint density at radius 3 is 2.21 bits per heavy atom. The predicted molar refractivity (Wildman–Crippen MR) is 109 cm³/mol. The standard InChI is InChI=1S/C21H27ClN2O5/c1-6-29-20(26)18-17(16-13(2)11-15(22)12-14(16)3)19(25)24(28-5)21(18)7-9-23(27-4)10-8-21/h11-12H,6-10H2,1-5H3. The number of halogens is 1. The first kappa shape index (κ1) is 21.8. The van der Waals surface area contributed by atoms with Gasteiger partial charge in [0.1, 0.15) is 5.54 Å². The molecule has 0 unspecified atom stereocenters. The number of hydrogen-bond acceptors (Lipinski definition) is 6. The second-order valence-electron chi connectivity index (χ2n) is 7.31. The van der Waals surface area contributed by atoms with Crippen molar-refractivity contribution in [3.05, 3.63) is 39.4 Å². The average molecular weight is 423 g/mol. The van der Waals surface area contributed by atoms with Crippen LogP contribution in [-0.2, 0) is 24.0 Å². The highest BCUT2D eigenvalue weighted by Crippen LogP contribution is 2.48. The third-order valence-electron chi connectivity index (χ3n) is 5.72. The molecule has 2 aliphatic rings. The quantitative estimate of drug-likeness (QED) is 0.679. The fourth-order valence-corrected chi connectivity index (χ4v) is 4.85. The zero-order chi connectivity index (χ0) is 21.3. The number of nitrogens with zero attached hydrogens (tertiary/aromatic N) is 2. The Morgan fingerprint density at radius 2 is 1.72 bits per heavy atom. The lowest BCUT2D eigenvalue weighted by Crippen LogP contribution is -2.55. The number of aryl methyl sites for hydroxylation is 2. The number of amides is 1. The summed E-state index contributed by atoms with van der Waals surface area (Å²) in [4.78, 5) is 37.6. The molecule has 3 rings (SSSR count). The molecule has 7 nitrogen and oxygen atoms in total. The van der Waals surface area contributed by atoms with Crippen molar-refractivity contribution in [1.82, 2.24) is 10.1 Å². The number of hydrogen-bond donors (Lipinski definition) is 0. The molecule has 2 heterocycles. The van der Waals surface area contributed by atoms with Crippen molar-refractivity contribution in [1.29, 1.82) is 0 Å². The number of carbonyl (C=O) groups excluding carboxylic acids is 2. The molecule has 1 fully saturated rings. The second-order valence-corrected chi connectivity index (χ2v) is 7.75. The van der Waals surface area contributed by atoms with E-state index in [1.54, 1.807) is 26.2 Å². The fourth-order valence-electron chi connectivity index (χ4n) is 4.52. The molecular weight excluding hydrogens is 396 g/mol. The molecule has 1 spiro atoms. The van der Waals surface area contributed by atoms with Gasteiger partial charge in [-0.3, -0.25) is 9.63 Å². The largest absolute Gasteiger partial charge is 0.463 e. The van der Waals surface area contributed by atoms with Crippen molar-refractivity contribution in [3.8, 4) is 0 Å². The molecule has 1 amide bonds. The lowest BCUT2D eigenvalue weighted by atomic mass is 9.79. The van der Waals surface area contributed by atoms with Crippen molar-refractivity contribution in [2.45, 2.75) is 39.2 Å². The summed E-state index contributed by atoms with van der Waals surface area (Å²) in [6.07, 6.45) is 0.980. The Hall–Kier alpha value is -1.93. The molecule has 0 aromatic heterocycles. The van der Waals surface area contributed by atoms with Crippen LogP contribution in [0.15, 0.2) is 17.7 Å². The number of ether oxygens (including phenoxy) is 1. The van der Waals surface area contributed by atoms with Crippen LogP contribution in [0.1, 0.15) is 36.5 Å². The smallest absolute Gasteiger partial charge is 0.337 e. The van der Waals surface area contributed by atoms with Gasteiger partial charge < -0.3 is 9.57 Å². The molecule has 29 heavy (non-hydrogen) atoms. The maximum Gasteiger partial charge on any atom is 0.337 e. The Morgan fingerprint density at radius 1 is 1.14 bits per heavy atom. The number of rotatable bonds is 5. The molecular formula is C21H27ClN2O5. The lowest BCUT2D eigenvalue weighted by Gasteiger charge is -2.43. The normalized spacial score (nSPS) is 19.4. The van der Waals surface area contributed by atoms with E-state index in [0.717, 1.165) is 11.1 Å². The first-order valence-corrected chi connectivity index (χ1v) is 10.0. The van der Waals surface area contributed by atoms with E-state index < -0.39 is 11.5 Å². The summed E-state index contributed by atoms with van der Waals surface area (Å²) >= 11 is 6.20. The maximum atomic E-state index is 13.5. The average Bonchev–Trinajstić information content (AvgIpc) is 2.89. The molecule has 0 N–H and O–H groups in total. The molecule has 158 valence electrons. The Bertz CT molecular complexity index is 836. The van der Waals surface area contributed by atoms with Crippen LogP contribution in [0.5, 0.6) is 0 Å². The van der Waals surface area contributed by atoms with E-state index in [9.17, 15) is 9.59 Å². The lowest BCUT2D eigenvalue weighted by molar-refractivity contribution is -0.218. The van der Waals surface area contributed by atoms with Crippen molar-refractivity contribution >= 4 is 29.1 Å². The van der Waals surface area contributed by atoms with Gasteiger partial charge in [-0.05, 0) is 62.4 Å². The third-order valence-corrected chi connectivity index (χ3v) is 5.94. The topological polar surface area (TPSA) is 68.3 Å². The Kier molecular flexibility index (Phi) is 6.33. The summed E-state index contributed by atoms with van der Waals surface area (Å²) in [5, 5.41) is 3.73. The number of carbonyl (C=O) groups is 2. The van der Waals surface area contributed by atoms with E-state index in [2.05, 4.69) is 0 Å². The minimum atomic E-state index is -0.902. The number of esters is 1. The summed E-state index contributed by atoms with van der Waals surface area (Å²) in [7, 11) is 3.06. The minimum Gasteiger partial charge on any atom is -0.463 e. The highest BCUT2D eigenvalue weighted by molar-refractivity contribution is 6.32. The van der Waals surface area contributed by atoms with Crippen molar-refractivity contribution < 1.29 is 24.0 Å². The van der Waals surface area contributed by atoms with E-state index in [1.165, 1.54) is 12.2 Å². The van der Waals surface area contributed by atoms with Crippen LogP contribution >= 0.6 is 11.6 Å². The van der Waals surface area contributed by atoms with E-state index in [4.69, 9.17) is 26.0 Å². The van der Waals surface area contributed by atoms with Gasteiger partial charge in [-0.25, -0.2) is 9.86 Å². The molecule has 8 heteroatoms. The van der Waals surface area contributed by atoms with Gasteiger partial charge in [-0.1, -0.05) is 11.6 Å². The highest BCUT2D eigenvalue weighted by Gasteiger charge is 2.57. The number of benzene rings is 1. The Labute approximate surface area is 176 Å². The van der Waals surface area contributed by atoms with Gasteiger partial charge in [0, 0.05) is 18.1 Å². The summed E-state index contributed by atoms with van der Waals surface area (Å²) < 4.78 is 5.40. The molecule has 0 aliphatic carbocycles. The van der Waals surface area contributed by atoms with Gasteiger partial charge in [0.2, 0.25) is 0 Å². The fraction of sp³-hybridized carbons (Fsp3) is 0.524. The van der Waals surface area contributed by atoms with Gasteiger partial charge in [0.25, 0.3) is 5.91 Å². The van der Waals surface area contributed by atoms with Crippen molar-refractivity contribution in [2.24, 2.45) is 0 Å². The molecule has 1 aromatic carbocycles. The van der Waals surface area contributed by atoms with Crippen LogP contribution in [0.4, 0.5) is 0 Å². The molecule has 0 atom stereocenters. The Balaban J connectivity index is 2.26. The van der Waals surface area contributed by atoms with Crippen LogP contribution in [-0.4, -0.2) is 61.5 Å². The number of piperidine rings is 1. The van der Waals surface area contributed by atoms with Gasteiger partial charge in [0.05, 0.1) is 32.0 Å². The molecule has 0 saturated carbocycles. The summed E-state index contributed by atoms with van der Waals surface area (Å²) in [6.45, 7) is 6.84. The first-order chi connectivity index (χ1) is 13.8. The number of hydroxylamine groups is 4. The molecule has 0 bridgehead atoms. The van der Waals surface area contributed by atoms with Crippen LogP contribution < -0.4 is 0 Å². The van der Waals surface area contributed by atoms with Gasteiger partial charge in [-0.2, -0.15) is 5.06 Å². The minimum absolute atomic E-state index is 0.218. The molecule has 0 radical (unpaired) electrons. The van der Waals surface area contributed by atoms with E-state index in [-0.39, 0.29) is 12.5 Å². The highest BCUT2D eigenvalue weighted by atomic mass is 35.5. The van der Waals surface area contributed by atoms with Crippen molar-refractivity contribution in [2.75, 3.05) is 33.9 Å². The predicted octanol–water partition coefficient (Wildman–Crippen LogP) is 3.07. The first-order valence-electron chi connectivity index (χ1n) is 9.67. The van der Waals surface area contributed by atoms with Crippen LogP contribution in [0.25, 0.3) is 5.57 Å². The van der Waals surface area contributed by atoms with Gasteiger partial charge in [0.15, 0.2) is 0 Å². The molecule has 1 aromatic rings. The summed E-state index contributed by atoms with van der Waals surface area (Å²) in [5.41, 5.74) is 2.14. The monoisotopic (exact) mass is 422 g/mol. The second kappa shape index (κ2) is 8.44. The van der Waals surface area contributed by atoms with E-state index in [0.29, 0.717) is 47.7 Å². The summed E-state index contributed by atoms with van der Waals surface area (Å²) in [5.74, 6) is -0.829. The van der Waals surface area contributed by atoms with Gasteiger partial charge in [-0.15, -0.1) is 0 Å². The zero-order valence-electron chi connectivity index (χ0n) is 17.5. The zero-order valence-corrected chi connectivity index (χ0v) is 18.3. The SMILES string of the molecule is CCOC(=O)C1=C(c2c(C)cc(Cl)cc2C)C(=O)N(OC)C12CCN(OC)CC2. The van der Waals surface area contributed by atoms with Gasteiger partial charge >= 0.3 is 5.97 Å². The van der Waals surface area contributed by atoms with Crippen LogP contribution in [0.3, 0.4) is 0 Å².